The Labute approximate surface area is 219 Å². The maximum absolute atomic E-state index is 13.2. The van der Waals surface area contributed by atoms with Gasteiger partial charge in [0.1, 0.15) is 10.6 Å². The van der Waals surface area contributed by atoms with Gasteiger partial charge in [-0.1, -0.05) is 55.5 Å². The molecule has 7 nitrogen and oxygen atoms in total. The molecule has 4 atom stereocenters. The van der Waals surface area contributed by atoms with Crippen molar-refractivity contribution in [2.75, 3.05) is 14.2 Å². The van der Waals surface area contributed by atoms with Crippen molar-refractivity contribution in [1.82, 2.24) is 0 Å². The second kappa shape index (κ2) is 11.5. The lowest BCUT2D eigenvalue weighted by Gasteiger charge is -2.39. The fraction of sp³-hybridized carbons (Fsp3) is 0.379. The van der Waals surface area contributed by atoms with Gasteiger partial charge in [0.25, 0.3) is 0 Å². The van der Waals surface area contributed by atoms with E-state index in [0.717, 1.165) is 6.42 Å². The number of aryl methyl sites for hydroxylation is 1. The lowest BCUT2D eigenvalue weighted by molar-refractivity contribution is -0.135. The maximum atomic E-state index is 13.2. The Kier molecular flexibility index (Phi) is 8.42. The van der Waals surface area contributed by atoms with E-state index in [1.165, 1.54) is 31.9 Å². The topological polar surface area (TPSA) is 91.3 Å². The molecule has 1 aliphatic rings. The van der Waals surface area contributed by atoms with Crippen molar-refractivity contribution in [2.45, 2.75) is 56.3 Å². The van der Waals surface area contributed by atoms with E-state index in [1.807, 2.05) is 25.1 Å². The van der Waals surface area contributed by atoms with Crippen LogP contribution in [0.25, 0.3) is 0 Å². The first kappa shape index (κ1) is 27.0. The minimum absolute atomic E-state index is 0.0230. The molecule has 1 fully saturated rings. The molecule has 198 valence electrons. The van der Waals surface area contributed by atoms with Crippen molar-refractivity contribution in [3.63, 3.8) is 0 Å². The zero-order valence-corrected chi connectivity index (χ0v) is 22.4. The van der Waals surface area contributed by atoms with Crippen molar-refractivity contribution in [3.05, 3.63) is 83.4 Å². The molecule has 8 heteroatoms. The summed E-state index contributed by atoms with van der Waals surface area (Å²) < 4.78 is 50.0. The van der Waals surface area contributed by atoms with E-state index < -0.39 is 22.3 Å². The third-order valence-electron chi connectivity index (χ3n) is 6.95. The molecule has 1 N–H and O–H groups in total. The van der Waals surface area contributed by atoms with Gasteiger partial charge in [-0.15, -0.1) is 0 Å². The van der Waals surface area contributed by atoms with Crippen LogP contribution in [-0.2, 0) is 21.3 Å². The summed E-state index contributed by atoms with van der Waals surface area (Å²) in [4.78, 5) is 0.0230. The minimum Gasteiger partial charge on any atom is -0.496 e. The van der Waals surface area contributed by atoms with Crippen LogP contribution in [0, 0.1) is 12.8 Å². The lowest BCUT2D eigenvalue weighted by Crippen LogP contribution is -2.38. The van der Waals surface area contributed by atoms with Crippen LogP contribution in [0.3, 0.4) is 0 Å². The summed E-state index contributed by atoms with van der Waals surface area (Å²) in [6.07, 6.45) is 0.482. The standard InChI is InChI=1S/C29H34O7S/c1-19-25(30)17-22(16-15-21-11-7-5-8-12-21)35-27(19)24-18-26(33-3)20(2)28(34-4)29(24)36-37(31,32)23-13-9-6-10-14-23/h5-14,18-19,22,25,27,30H,15-17H2,1-4H3/t19-,22-,25+,27-/m1/s1. The fourth-order valence-electron chi connectivity index (χ4n) is 4.82. The molecule has 1 aliphatic heterocycles. The highest BCUT2D eigenvalue weighted by molar-refractivity contribution is 7.87. The molecular weight excluding hydrogens is 492 g/mol. The van der Waals surface area contributed by atoms with Gasteiger partial charge in [0.05, 0.1) is 32.5 Å². The molecule has 0 unspecified atom stereocenters. The molecular formula is C29H34O7S. The SMILES string of the molecule is COc1cc([C@@H]2O[C@H](CCc3ccccc3)C[C@H](O)[C@H]2C)c(OS(=O)(=O)c2ccccc2)c(OC)c1C. The summed E-state index contributed by atoms with van der Waals surface area (Å²) in [6, 6.07) is 19.8. The summed E-state index contributed by atoms with van der Waals surface area (Å²) >= 11 is 0. The summed E-state index contributed by atoms with van der Waals surface area (Å²) in [5.74, 6) is 0.461. The van der Waals surface area contributed by atoms with Crippen molar-refractivity contribution in [3.8, 4) is 17.2 Å². The molecule has 1 saturated heterocycles. The minimum atomic E-state index is -4.17. The second-order valence-electron chi connectivity index (χ2n) is 9.37. The van der Waals surface area contributed by atoms with Crippen molar-refractivity contribution < 1.29 is 31.9 Å². The van der Waals surface area contributed by atoms with Gasteiger partial charge in [0, 0.05) is 17.0 Å². The van der Waals surface area contributed by atoms with E-state index in [4.69, 9.17) is 18.4 Å². The van der Waals surface area contributed by atoms with Gasteiger partial charge in [-0.05, 0) is 49.9 Å². The van der Waals surface area contributed by atoms with Crippen molar-refractivity contribution in [1.29, 1.82) is 0 Å². The summed E-state index contributed by atoms with van der Waals surface area (Å²) in [7, 11) is -1.18. The van der Waals surface area contributed by atoms with E-state index in [9.17, 15) is 13.5 Å². The third-order valence-corrected chi connectivity index (χ3v) is 8.18. The maximum Gasteiger partial charge on any atom is 0.339 e. The van der Waals surface area contributed by atoms with E-state index in [0.29, 0.717) is 29.7 Å². The molecule has 0 amide bonds. The molecule has 0 saturated carbocycles. The molecule has 3 aromatic carbocycles. The van der Waals surface area contributed by atoms with Gasteiger partial charge in [-0.3, -0.25) is 0 Å². The van der Waals surface area contributed by atoms with Gasteiger partial charge in [0.15, 0.2) is 11.5 Å². The highest BCUT2D eigenvalue weighted by atomic mass is 32.2. The van der Waals surface area contributed by atoms with Crippen LogP contribution in [-0.4, -0.2) is 40.0 Å². The number of methoxy groups -OCH3 is 2. The Balaban J connectivity index is 1.73. The average molecular weight is 527 g/mol. The van der Waals surface area contributed by atoms with Crippen LogP contribution >= 0.6 is 0 Å². The highest BCUT2D eigenvalue weighted by Gasteiger charge is 2.39. The number of rotatable bonds is 9. The van der Waals surface area contributed by atoms with Crippen LogP contribution in [0.15, 0.2) is 71.6 Å². The van der Waals surface area contributed by atoms with Gasteiger partial charge in [-0.25, -0.2) is 0 Å². The number of aliphatic hydroxyl groups is 1. The van der Waals surface area contributed by atoms with Crippen LogP contribution in [0.2, 0.25) is 0 Å². The normalized spacial score (nSPS) is 21.9. The first-order valence-corrected chi connectivity index (χ1v) is 13.8. The Hall–Kier alpha value is -3.07. The van der Waals surface area contributed by atoms with Gasteiger partial charge >= 0.3 is 10.1 Å². The van der Waals surface area contributed by atoms with Gasteiger partial charge in [0.2, 0.25) is 0 Å². The molecule has 0 bridgehead atoms. The summed E-state index contributed by atoms with van der Waals surface area (Å²) in [5, 5.41) is 11.0. The van der Waals surface area contributed by atoms with Crippen LogP contribution in [0.1, 0.15) is 42.6 Å². The smallest absolute Gasteiger partial charge is 0.339 e. The van der Waals surface area contributed by atoms with E-state index in [2.05, 4.69) is 12.1 Å². The second-order valence-corrected chi connectivity index (χ2v) is 10.9. The Morgan fingerprint density at radius 2 is 1.62 bits per heavy atom. The van der Waals surface area contributed by atoms with Gasteiger partial charge in [-0.2, -0.15) is 8.42 Å². The first-order valence-electron chi connectivity index (χ1n) is 12.4. The monoisotopic (exact) mass is 526 g/mol. The Morgan fingerprint density at radius 3 is 2.24 bits per heavy atom. The molecule has 37 heavy (non-hydrogen) atoms. The van der Waals surface area contributed by atoms with E-state index in [-0.39, 0.29) is 28.4 Å². The Bertz CT molecular complexity index is 1290. The average Bonchev–Trinajstić information content (AvgIpc) is 2.91. The number of hydrogen-bond donors (Lipinski definition) is 1. The summed E-state index contributed by atoms with van der Waals surface area (Å²) in [6.45, 7) is 3.66. The van der Waals surface area contributed by atoms with E-state index in [1.54, 1.807) is 31.2 Å². The molecule has 0 radical (unpaired) electrons. The van der Waals surface area contributed by atoms with Crippen LogP contribution in [0.4, 0.5) is 0 Å². The summed E-state index contributed by atoms with van der Waals surface area (Å²) in [5.41, 5.74) is 2.24. The van der Waals surface area contributed by atoms with Crippen molar-refractivity contribution >= 4 is 10.1 Å². The Morgan fingerprint density at radius 1 is 0.973 bits per heavy atom. The first-order chi connectivity index (χ1) is 17.7. The fourth-order valence-corrected chi connectivity index (χ4v) is 5.79. The predicted octanol–water partition coefficient (Wildman–Crippen LogP) is 5.24. The molecule has 0 spiro atoms. The number of aliphatic hydroxyl groups excluding tert-OH is 1. The number of ether oxygens (including phenoxy) is 3. The predicted molar refractivity (Wildman–Crippen MR) is 141 cm³/mol. The molecule has 0 aliphatic carbocycles. The molecule has 3 aromatic rings. The van der Waals surface area contributed by atoms with Crippen LogP contribution in [0.5, 0.6) is 17.2 Å². The van der Waals surface area contributed by atoms with Gasteiger partial charge < -0.3 is 23.5 Å². The van der Waals surface area contributed by atoms with Crippen molar-refractivity contribution in [2.24, 2.45) is 5.92 Å². The molecule has 0 aromatic heterocycles. The lowest BCUT2D eigenvalue weighted by atomic mass is 9.84. The third kappa shape index (κ3) is 5.92. The zero-order valence-electron chi connectivity index (χ0n) is 21.6. The molecule has 4 rings (SSSR count). The molecule has 1 heterocycles. The van der Waals surface area contributed by atoms with E-state index >= 15 is 0 Å². The highest BCUT2D eigenvalue weighted by Crippen LogP contribution is 2.49. The largest absolute Gasteiger partial charge is 0.496 e. The zero-order chi connectivity index (χ0) is 26.6. The van der Waals surface area contributed by atoms with Crippen LogP contribution < -0.4 is 13.7 Å². The quantitative estimate of drug-likeness (QED) is 0.381. The number of hydrogen-bond acceptors (Lipinski definition) is 7. The number of benzene rings is 3.